The molecule has 2 aromatic carbocycles. The Morgan fingerprint density at radius 2 is 1.46 bits per heavy atom. The maximum atomic E-state index is 12.4. The zero-order valence-electron chi connectivity index (χ0n) is 15.9. The fraction of sp³-hybridized carbons (Fsp3) is 0.263. The molecule has 2 rings (SSSR count). The van der Waals surface area contributed by atoms with Crippen LogP contribution in [0.25, 0.3) is 0 Å². The van der Waals surface area contributed by atoms with E-state index >= 15 is 0 Å². The molecule has 0 unspecified atom stereocenters. The zero-order chi connectivity index (χ0) is 20.9. The highest BCUT2D eigenvalue weighted by atomic mass is 32.2. The minimum atomic E-state index is -3.82. The van der Waals surface area contributed by atoms with Gasteiger partial charge in [-0.2, -0.15) is 0 Å². The first-order chi connectivity index (χ1) is 13.2. The normalized spacial score (nSPS) is 12.5. The number of hydrogen-bond donors (Lipinski definition) is 0. The van der Waals surface area contributed by atoms with Gasteiger partial charge in [-0.3, -0.25) is 9.63 Å². The first kappa shape index (κ1) is 21.5. The summed E-state index contributed by atoms with van der Waals surface area (Å²) in [5.74, 6) is -0.495. The number of ether oxygens (including phenoxy) is 2. The van der Waals surface area contributed by atoms with Gasteiger partial charge in [0.15, 0.2) is 6.10 Å². The van der Waals surface area contributed by atoms with Crippen LogP contribution in [0.1, 0.15) is 27.6 Å². The Morgan fingerprint density at radius 3 is 1.96 bits per heavy atom. The van der Waals surface area contributed by atoms with E-state index in [1.165, 1.54) is 52.5 Å². The SMILES string of the molecule is COc1ccc(C(=O)[C@@H](C)OC(=O)c2ccc(S(=O)(=O)N(C)OC)cc2)cc1. The van der Waals surface area contributed by atoms with E-state index in [9.17, 15) is 18.0 Å². The number of sulfonamides is 1. The number of ketones is 1. The van der Waals surface area contributed by atoms with Crippen LogP contribution < -0.4 is 4.74 Å². The van der Waals surface area contributed by atoms with Gasteiger partial charge in [0.25, 0.3) is 10.0 Å². The second-order valence-corrected chi connectivity index (χ2v) is 7.70. The lowest BCUT2D eigenvalue weighted by Gasteiger charge is -2.15. The van der Waals surface area contributed by atoms with Gasteiger partial charge in [0.2, 0.25) is 5.78 Å². The van der Waals surface area contributed by atoms with Crippen LogP contribution in [0.3, 0.4) is 0 Å². The standard InChI is InChI=1S/C19H21NO7S/c1-13(18(21)14-5-9-16(25-3)10-6-14)27-19(22)15-7-11-17(12-8-15)28(23,24)20(2)26-4/h5-13H,1-4H3/t13-/m1/s1. The summed E-state index contributed by atoms with van der Waals surface area (Å²) in [7, 11) is 0.184. The summed E-state index contributed by atoms with van der Waals surface area (Å²) < 4.78 is 35.2. The van der Waals surface area contributed by atoms with Crippen molar-refractivity contribution in [1.82, 2.24) is 4.47 Å². The molecule has 0 bridgehead atoms. The van der Waals surface area contributed by atoms with Crippen molar-refractivity contribution in [1.29, 1.82) is 0 Å². The van der Waals surface area contributed by atoms with Crippen molar-refractivity contribution >= 4 is 21.8 Å². The molecule has 0 spiro atoms. The largest absolute Gasteiger partial charge is 0.497 e. The monoisotopic (exact) mass is 407 g/mol. The fourth-order valence-corrected chi connectivity index (χ4v) is 3.25. The van der Waals surface area contributed by atoms with Gasteiger partial charge in [0.05, 0.1) is 24.7 Å². The van der Waals surface area contributed by atoms with E-state index in [1.807, 2.05) is 0 Å². The van der Waals surface area contributed by atoms with Gasteiger partial charge in [-0.05, 0) is 55.5 Å². The average molecular weight is 407 g/mol. The Bertz CT molecular complexity index is 937. The van der Waals surface area contributed by atoms with E-state index in [2.05, 4.69) is 0 Å². The topological polar surface area (TPSA) is 99.2 Å². The lowest BCUT2D eigenvalue weighted by atomic mass is 10.1. The molecule has 9 heteroatoms. The number of esters is 1. The number of hydrogen-bond acceptors (Lipinski definition) is 7. The Kier molecular flexibility index (Phi) is 6.90. The van der Waals surface area contributed by atoms with Gasteiger partial charge >= 0.3 is 5.97 Å². The first-order valence-corrected chi connectivity index (χ1v) is 9.67. The molecule has 0 aromatic heterocycles. The van der Waals surface area contributed by atoms with Crippen molar-refractivity contribution < 1.29 is 32.3 Å². The Labute approximate surface area is 163 Å². The quantitative estimate of drug-likeness (QED) is 0.376. The zero-order valence-corrected chi connectivity index (χ0v) is 16.7. The summed E-state index contributed by atoms with van der Waals surface area (Å²) in [4.78, 5) is 29.3. The van der Waals surface area contributed by atoms with Gasteiger partial charge in [0.1, 0.15) is 5.75 Å². The number of methoxy groups -OCH3 is 1. The summed E-state index contributed by atoms with van der Waals surface area (Å²) in [5, 5.41) is 0. The van der Waals surface area contributed by atoms with Crippen molar-refractivity contribution in [2.24, 2.45) is 0 Å². The molecule has 28 heavy (non-hydrogen) atoms. The molecule has 0 heterocycles. The van der Waals surface area contributed by atoms with Crippen LogP contribution in [0.4, 0.5) is 0 Å². The van der Waals surface area contributed by atoms with E-state index in [0.717, 1.165) is 0 Å². The molecule has 1 atom stereocenters. The highest BCUT2D eigenvalue weighted by Gasteiger charge is 2.23. The molecule has 0 amide bonds. The number of hydroxylamine groups is 1. The van der Waals surface area contributed by atoms with Crippen LogP contribution in [0.2, 0.25) is 0 Å². The summed E-state index contributed by atoms with van der Waals surface area (Å²) in [6, 6.07) is 11.6. The number of carbonyl (C=O) groups is 2. The second kappa shape index (κ2) is 8.96. The molecule has 0 fully saturated rings. The Hall–Kier alpha value is -2.75. The lowest BCUT2D eigenvalue weighted by molar-refractivity contribution is -0.0258. The van der Waals surface area contributed by atoms with Crippen LogP contribution in [0, 0.1) is 0 Å². The third-order valence-corrected chi connectivity index (χ3v) is 5.70. The Balaban J connectivity index is 2.08. The van der Waals surface area contributed by atoms with E-state index in [1.54, 1.807) is 24.3 Å². The molecular formula is C19H21NO7S. The highest BCUT2D eigenvalue weighted by molar-refractivity contribution is 7.89. The summed E-state index contributed by atoms with van der Waals surface area (Å²) >= 11 is 0. The smallest absolute Gasteiger partial charge is 0.338 e. The third-order valence-electron chi connectivity index (χ3n) is 4.01. The molecule has 0 aliphatic heterocycles. The van der Waals surface area contributed by atoms with Crippen LogP contribution in [0.5, 0.6) is 5.75 Å². The van der Waals surface area contributed by atoms with Crippen LogP contribution in [0.15, 0.2) is 53.4 Å². The molecule has 2 aromatic rings. The van der Waals surface area contributed by atoms with Crippen molar-refractivity contribution in [3.05, 3.63) is 59.7 Å². The van der Waals surface area contributed by atoms with Gasteiger partial charge in [0, 0.05) is 12.6 Å². The van der Waals surface area contributed by atoms with Gasteiger partial charge < -0.3 is 9.47 Å². The molecule has 0 N–H and O–H groups in total. The van der Waals surface area contributed by atoms with E-state index in [-0.39, 0.29) is 16.2 Å². The second-order valence-electron chi connectivity index (χ2n) is 5.76. The number of rotatable bonds is 8. The number of benzene rings is 2. The maximum Gasteiger partial charge on any atom is 0.338 e. The molecule has 0 saturated heterocycles. The van der Waals surface area contributed by atoms with Crippen LogP contribution in [-0.2, 0) is 19.6 Å². The third kappa shape index (κ3) is 4.75. The molecule has 150 valence electrons. The maximum absolute atomic E-state index is 12.4. The van der Waals surface area contributed by atoms with Gasteiger partial charge in [-0.15, -0.1) is 0 Å². The summed E-state index contributed by atoms with van der Waals surface area (Å²) in [6.07, 6.45) is -1.01. The molecule has 8 nitrogen and oxygen atoms in total. The van der Waals surface area contributed by atoms with Crippen molar-refractivity contribution in [2.45, 2.75) is 17.9 Å². The van der Waals surface area contributed by atoms with Crippen molar-refractivity contribution in [3.63, 3.8) is 0 Å². The molecule has 0 aliphatic carbocycles. The van der Waals surface area contributed by atoms with Crippen LogP contribution >= 0.6 is 0 Å². The minimum absolute atomic E-state index is 0.0456. The van der Waals surface area contributed by atoms with E-state index in [0.29, 0.717) is 15.8 Å². The summed E-state index contributed by atoms with van der Waals surface area (Å²) in [6.45, 7) is 1.47. The Morgan fingerprint density at radius 1 is 0.929 bits per heavy atom. The first-order valence-electron chi connectivity index (χ1n) is 8.23. The van der Waals surface area contributed by atoms with Crippen LogP contribution in [-0.4, -0.2) is 52.0 Å². The van der Waals surface area contributed by atoms with Crippen molar-refractivity contribution in [3.8, 4) is 5.75 Å². The molecule has 0 aliphatic rings. The summed E-state index contributed by atoms with van der Waals surface area (Å²) in [5.41, 5.74) is 0.499. The molecule has 0 radical (unpaired) electrons. The average Bonchev–Trinajstić information content (AvgIpc) is 2.72. The number of carbonyl (C=O) groups excluding carboxylic acids is 2. The fourth-order valence-electron chi connectivity index (χ4n) is 2.28. The number of Topliss-reactive ketones (excluding diaryl/α,β-unsaturated/α-hetero) is 1. The predicted octanol–water partition coefficient (Wildman–Crippen LogP) is 2.31. The van der Waals surface area contributed by atoms with Gasteiger partial charge in [-0.1, -0.05) is 4.47 Å². The minimum Gasteiger partial charge on any atom is -0.497 e. The van der Waals surface area contributed by atoms with E-state index < -0.39 is 22.1 Å². The van der Waals surface area contributed by atoms with E-state index in [4.69, 9.17) is 14.3 Å². The predicted molar refractivity (Wildman–Crippen MR) is 101 cm³/mol. The van der Waals surface area contributed by atoms with Gasteiger partial charge in [-0.25, -0.2) is 13.2 Å². The molecular weight excluding hydrogens is 386 g/mol. The van der Waals surface area contributed by atoms with Crippen molar-refractivity contribution in [2.75, 3.05) is 21.3 Å². The lowest BCUT2D eigenvalue weighted by Crippen LogP contribution is -2.26. The highest BCUT2D eigenvalue weighted by Crippen LogP contribution is 2.17. The molecule has 0 saturated carbocycles. The number of nitrogens with zero attached hydrogens (tertiary/aromatic N) is 1.